The Morgan fingerprint density at radius 2 is 1.94 bits per heavy atom. The van der Waals surface area contributed by atoms with Crippen LogP contribution in [0.4, 0.5) is 0 Å². The van der Waals surface area contributed by atoms with Gasteiger partial charge in [-0.05, 0) is 26.0 Å². The van der Waals surface area contributed by atoms with Crippen molar-refractivity contribution in [3.63, 3.8) is 0 Å². The highest BCUT2D eigenvalue weighted by atomic mass is 16.4. The molecule has 2 heterocycles. The molecule has 1 fully saturated rings. The zero-order valence-corrected chi connectivity index (χ0v) is 10.8. The monoisotopic (exact) mass is 250 g/mol. The van der Waals surface area contributed by atoms with E-state index in [0.29, 0.717) is 25.4 Å². The molecule has 5 nitrogen and oxygen atoms in total. The smallest absolute Gasteiger partial charge is 0.289 e. The van der Waals surface area contributed by atoms with Gasteiger partial charge in [0.1, 0.15) is 0 Å². The zero-order chi connectivity index (χ0) is 13.1. The summed E-state index contributed by atoms with van der Waals surface area (Å²) in [5.41, 5.74) is 0. The van der Waals surface area contributed by atoms with E-state index in [1.54, 1.807) is 11.0 Å². The summed E-state index contributed by atoms with van der Waals surface area (Å²) in [4.78, 5) is 26.7. The van der Waals surface area contributed by atoms with Crippen molar-refractivity contribution in [2.45, 2.75) is 19.9 Å². The Bertz CT molecular complexity index is 431. The first kappa shape index (κ1) is 12.8. The number of piperazine rings is 1. The Morgan fingerprint density at radius 1 is 1.28 bits per heavy atom. The number of nitrogens with zero attached hydrogens (tertiary/aromatic N) is 2. The third-order valence-electron chi connectivity index (χ3n) is 3.29. The number of carbonyl (C=O) groups is 2. The van der Waals surface area contributed by atoms with Crippen molar-refractivity contribution in [2.75, 3.05) is 26.2 Å². The van der Waals surface area contributed by atoms with E-state index in [2.05, 4.69) is 18.7 Å². The van der Waals surface area contributed by atoms with Crippen LogP contribution in [0.5, 0.6) is 0 Å². The molecule has 0 radical (unpaired) electrons. The summed E-state index contributed by atoms with van der Waals surface area (Å²) >= 11 is 0. The predicted octanol–water partition coefficient (Wildman–Crippen LogP) is 1.26. The van der Waals surface area contributed by atoms with E-state index in [0.717, 1.165) is 13.1 Å². The molecule has 2 rings (SSSR count). The van der Waals surface area contributed by atoms with Crippen molar-refractivity contribution >= 4 is 12.2 Å². The number of rotatable bonds is 3. The highest BCUT2D eigenvalue weighted by Gasteiger charge is 2.24. The largest absolute Gasteiger partial charge is 0.448 e. The Labute approximate surface area is 106 Å². The fourth-order valence-electron chi connectivity index (χ4n) is 2.13. The summed E-state index contributed by atoms with van der Waals surface area (Å²) in [6, 6.07) is 3.58. The Morgan fingerprint density at radius 3 is 2.44 bits per heavy atom. The molecule has 98 valence electrons. The first-order chi connectivity index (χ1) is 8.61. The van der Waals surface area contributed by atoms with Gasteiger partial charge in [0.05, 0.1) is 0 Å². The molecule has 0 aromatic carbocycles. The molecule has 1 aliphatic rings. The second kappa shape index (κ2) is 5.35. The minimum atomic E-state index is -0.133. The number of aldehydes is 1. The first-order valence-electron chi connectivity index (χ1n) is 6.20. The summed E-state index contributed by atoms with van der Waals surface area (Å²) in [5, 5.41) is 0. The van der Waals surface area contributed by atoms with Gasteiger partial charge in [-0.1, -0.05) is 0 Å². The summed E-state index contributed by atoms with van der Waals surface area (Å²) < 4.78 is 5.15. The average Bonchev–Trinajstić information content (AvgIpc) is 2.86. The van der Waals surface area contributed by atoms with Gasteiger partial charge in [-0.3, -0.25) is 14.5 Å². The van der Waals surface area contributed by atoms with Crippen LogP contribution >= 0.6 is 0 Å². The summed E-state index contributed by atoms with van der Waals surface area (Å²) in [7, 11) is 0. The van der Waals surface area contributed by atoms with Crippen molar-refractivity contribution in [2.24, 2.45) is 0 Å². The van der Waals surface area contributed by atoms with E-state index in [4.69, 9.17) is 4.42 Å². The van der Waals surface area contributed by atoms with Crippen LogP contribution in [0.3, 0.4) is 0 Å². The van der Waals surface area contributed by atoms with Crippen molar-refractivity contribution < 1.29 is 14.0 Å². The van der Waals surface area contributed by atoms with Gasteiger partial charge in [-0.15, -0.1) is 0 Å². The van der Waals surface area contributed by atoms with Crippen LogP contribution < -0.4 is 0 Å². The van der Waals surface area contributed by atoms with Crippen LogP contribution in [-0.2, 0) is 0 Å². The van der Waals surface area contributed by atoms with E-state index >= 15 is 0 Å². The molecule has 0 unspecified atom stereocenters. The maximum absolute atomic E-state index is 12.1. The topological polar surface area (TPSA) is 53.8 Å². The molecule has 1 aromatic rings. The molecule has 0 bridgehead atoms. The number of carbonyl (C=O) groups excluding carboxylic acids is 2. The molecule has 0 spiro atoms. The third-order valence-corrected chi connectivity index (χ3v) is 3.29. The van der Waals surface area contributed by atoms with Gasteiger partial charge in [0.25, 0.3) is 5.91 Å². The lowest BCUT2D eigenvalue weighted by atomic mass is 10.2. The summed E-state index contributed by atoms with van der Waals surface area (Å²) in [6.07, 6.45) is 0.605. The molecule has 0 atom stereocenters. The van der Waals surface area contributed by atoms with Gasteiger partial charge in [-0.25, -0.2) is 0 Å². The van der Waals surface area contributed by atoms with Crippen LogP contribution in [-0.4, -0.2) is 54.2 Å². The maximum atomic E-state index is 12.1. The van der Waals surface area contributed by atoms with Gasteiger partial charge < -0.3 is 9.32 Å². The van der Waals surface area contributed by atoms with Gasteiger partial charge in [-0.2, -0.15) is 0 Å². The molecule has 0 saturated carbocycles. The summed E-state index contributed by atoms with van der Waals surface area (Å²) in [5.74, 6) is 0.306. The molecular weight excluding hydrogens is 232 g/mol. The summed E-state index contributed by atoms with van der Waals surface area (Å²) in [6.45, 7) is 7.47. The van der Waals surface area contributed by atoms with Crippen LogP contribution in [0.1, 0.15) is 35.0 Å². The van der Waals surface area contributed by atoms with E-state index in [1.807, 2.05) is 0 Å². The van der Waals surface area contributed by atoms with Crippen molar-refractivity contribution in [1.29, 1.82) is 0 Å². The Hall–Kier alpha value is -1.62. The third kappa shape index (κ3) is 2.61. The van der Waals surface area contributed by atoms with Crippen LogP contribution in [0, 0.1) is 0 Å². The molecular formula is C13H18N2O3. The Balaban J connectivity index is 1.97. The fourth-order valence-corrected chi connectivity index (χ4v) is 2.13. The average molecular weight is 250 g/mol. The Kier molecular flexibility index (Phi) is 3.81. The minimum absolute atomic E-state index is 0.133. The highest BCUT2D eigenvalue weighted by molar-refractivity contribution is 5.92. The molecule has 18 heavy (non-hydrogen) atoms. The molecule has 1 aromatic heterocycles. The molecule has 0 N–H and O–H groups in total. The molecule has 1 amide bonds. The molecule has 0 aliphatic carbocycles. The fraction of sp³-hybridized carbons (Fsp3) is 0.538. The van der Waals surface area contributed by atoms with Crippen LogP contribution in [0.15, 0.2) is 16.5 Å². The van der Waals surface area contributed by atoms with E-state index < -0.39 is 0 Å². The number of hydrogen-bond donors (Lipinski definition) is 0. The van der Waals surface area contributed by atoms with Gasteiger partial charge in [0, 0.05) is 32.2 Å². The zero-order valence-electron chi connectivity index (χ0n) is 10.8. The number of furan rings is 1. The first-order valence-corrected chi connectivity index (χ1v) is 6.20. The molecule has 1 aliphatic heterocycles. The second-order valence-corrected chi connectivity index (χ2v) is 4.74. The normalized spacial score (nSPS) is 17.2. The van der Waals surface area contributed by atoms with E-state index in [9.17, 15) is 9.59 Å². The van der Waals surface area contributed by atoms with Gasteiger partial charge in [0.2, 0.25) is 0 Å². The highest BCUT2D eigenvalue weighted by Crippen LogP contribution is 2.12. The van der Waals surface area contributed by atoms with Crippen molar-refractivity contribution in [3.05, 3.63) is 23.7 Å². The SMILES string of the molecule is CC(C)N1CCN(C(=O)c2ccc(C=O)o2)CC1. The number of amides is 1. The lowest BCUT2D eigenvalue weighted by Gasteiger charge is -2.36. The van der Waals surface area contributed by atoms with Crippen molar-refractivity contribution in [1.82, 2.24) is 9.80 Å². The van der Waals surface area contributed by atoms with Crippen LogP contribution in [0.2, 0.25) is 0 Å². The molecule has 5 heteroatoms. The maximum Gasteiger partial charge on any atom is 0.289 e. The van der Waals surface area contributed by atoms with Crippen LogP contribution in [0.25, 0.3) is 0 Å². The van der Waals surface area contributed by atoms with E-state index in [1.165, 1.54) is 6.07 Å². The molecule has 1 saturated heterocycles. The second-order valence-electron chi connectivity index (χ2n) is 4.74. The standard InChI is InChI=1S/C13H18N2O3/c1-10(2)14-5-7-15(8-6-14)13(17)12-4-3-11(9-16)18-12/h3-4,9-10H,5-8H2,1-2H3. The quantitative estimate of drug-likeness (QED) is 0.758. The van der Waals surface area contributed by atoms with Gasteiger partial charge in [0.15, 0.2) is 17.8 Å². The van der Waals surface area contributed by atoms with E-state index in [-0.39, 0.29) is 17.4 Å². The predicted molar refractivity (Wildman–Crippen MR) is 66.7 cm³/mol. The van der Waals surface area contributed by atoms with Crippen molar-refractivity contribution in [3.8, 4) is 0 Å². The lowest BCUT2D eigenvalue weighted by molar-refractivity contribution is 0.0565. The van der Waals surface area contributed by atoms with Gasteiger partial charge >= 0.3 is 0 Å². The number of hydrogen-bond acceptors (Lipinski definition) is 4. The minimum Gasteiger partial charge on any atom is -0.448 e. The lowest BCUT2D eigenvalue weighted by Crippen LogP contribution is -2.50.